The predicted molar refractivity (Wildman–Crippen MR) is 90.1 cm³/mol. The minimum absolute atomic E-state index is 0.860. The molecule has 1 aromatic carbocycles. The Balaban J connectivity index is 1.50. The SMILES string of the molecule is CCNCC1CCN(Cc2ccc(-n3cccn3)cc2)CC1. The lowest BCUT2D eigenvalue weighted by molar-refractivity contribution is 0.176. The molecule has 1 N–H and O–H groups in total. The first-order chi connectivity index (χ1) is 10.8. The molecule has 1 aliphatic rings. The van der Waals surface area contributed by atoms with Gasteiger partial charge in [0.15, 0.2) is 0 Å². The standard InChI is InChI=1S/C18H26N4/c1-2-19-14-16-8-12-21(13-9-16)15-17-4-6-18(7-5-17)22-11-3-10-20-22/h3-7,10-11,16,19H,2,8-9,12-15H2,1H3. The Morgan fingerprint density at radius 3 is 2.59 bits per heavy atom. The van der Waals surface area contributed by atoms with Crippen molar-refractivity contribution in [2.75, 3.05) is 26.2 Å². The van der Waals surface area contributed by atoms with Gasteiger partial charge < -0.3 is 5.32 Å². The molecule has 4 nitrogen and oxygen atoms in total. The molecule has 0 bridgehead atoms. The van der Waals surface area contributed by atoms with Gasteiger partial charge in [0.05, 0.1) is 5.69 Å². The Hall–Kier alpha value is -1.65. The minimum atomic E-state index is 0.860. The fourth-order valence-electron chi connectivity index (χ4n) is 3.13. The molecule has 1 aromatic heterocycles. The summed E-state index contributed by atoms with van der Waals surface area (Å²) in [5.74, 6) is 0.860. The van der Waals surface area contributed by atoms with Crippen LogP contribution >= 0.6 is 0 Å². The van der Waals surface area contributed by atoms with Gasteiger partial charge in [0, 0.05) is 18.9 Å². The van der Waals surface area contributed by atoms with E-state index in [1.54, 1.807) is 0 Å². The molecule has 0 unspecified atom stereocenters. The number of hydrogen-bond donors (Lipinski definition) is 1. The monoisotopic (exact) mass is 298 g/mol. The minimum Gasteiger partial charge on any atom is -0.317 e. The van der Waals surface area contributed by atoms with Crippen LogP contribution in [0.25, 0.3) is 5.69 Å². The van der Waals surface area contributed by atoms with Crippen LogP contribution in [-0.2, 0) is 6.54 Å². The number of aromatic nitrogens is 2. The normalized spacial score (nSPS) is 17.0. The van der Waals surface area contributed by atoms with E-state index in [2.05, 4.69) is 46.5 Å². The molecule has 0 amide bonds. The summed E-state index contributed by atoms with van der Waals surface area (Å²) in [6.45, 7) is 7.95. The molecule has 0 atom stereocenters. The molecule has 22 heavy (non-hydrogen) atoms. The number of benzene rings is 1. The van der Waals surface area contributed by atoms with Crippen LogP contribution in [0.1, 0.15) is 25.3 Å². The molecule has 4 heteroatoms. The highest BCUT2D eigenvalue weighted by atomic mass is 15.3. The third-order valence-corrected chi connectivity index (χ3v) is 4.50. The van der Waals surface area contributed by atoms with Gasteiger partial charge in [-0.2, -0.15) is 5.10 Å². The quantitative estimate of drug-likeness (QED) is 0.890. The number of hydrogen-bond acceptors (Lipinski definition) is 3. The van der Waals surface area contributed by atoms with Crippen LogP contribution in [0.2, 0.25) is 0 Å². The number of likely N-dealkylation sites (tertiary alicyclic amines) is 1. The Kier molecular flexibility index (Phi) is 5.24. The van der Waals surface area contributed by atoms with Crippen molar-refractivity contribution in [2.45, 2.75) is 26.3 Å². The average Bonchev–Trinajstić information content (AvgIpc) is 3.09. The third kappa shape index (κ3) is 3.96. The second-order valence-corrected chi connectivity index (χ2v) is 6.14. The summed E-state index contributed by atoms with van der Waals surface area (Å²) in [6, 6.07) is 10.7. The van der Waals surface area contributed by atoms with Crippen LogP contribution in [0.15, 0.2) is 42.7 Å². The molecule has 0 radical (unpaired) electrons. The average molecular weight is 298 g/mol. The molecular weight excluding hydrogens is 272 g/mol. The van der Waals surface area contributed by atoms with E-state index >= 15 is 0 Å². The summed E-state index contributed by atoms with van der Waals surface area (Å²) in [5.41, 5.74) is 2.51. The van der Waals surface area contributed by atoms with Crippen LogP contribution in [0.4, 0.5) is 0 Å². The molecule has 118 valence electrons. The van der Waals surface area contributed by atoms with Crippen molar-refractivity contribution in [3.8, 4) is 5.69 Å². The topological polar surface area (TPSA) is 33.1 Å². The molecule has 1 saturated heterocycles. The van der Waals surface area contributed by atoms with Gasteiger partial charge in [-0.3, -0.25) is 4.90 Å². The Bertz CT molecular complexity index is 539. The number of rotatable bonds is 6. The second-order valence-electron chi connectivity index (χ2n) is 6.14. The molecule has 1 aliphatic heterocycles. The van der Waals surface area contributed by atoms with Crippen molar-refractivity contribution in [1.82, 2.24) is 20.0 Å². The van der Waals surface area contributed by atoms with E-state index in [4.69, 9.17) is 0 Å². The Morgan fingerprint density at radius 2 is 1.95 bits per heavy atom. The zero-order chi connectivity index (χ0) is 15.2. The highest BCUT2D eigenvalue weighted by Gasteiger charge is 2.18. The van der Waals surface area contributed by atoms with Crippen LogP contribution in [0.3, 0.4) is 0 Å². The Labute approximate surface area is 133 Å². The van der Waals surface area contributed by atoms with Crippen LogP contribution in [0, 0.1) is 5.92 Å². The van der Waals surface area contributed by atoms with E-state index in [1.165, 1.54) is 38.0 Å². The lowest BCUT2D eigenvalue weighted by Gasteiger charge is -2.32. The van der Waals surface area contributed by atoms with Crippen molar-refractivity contribution < 1.29 is 0 Å². The van der Waals surface area contributed by atoms with Crippen molar-refractivity contribution in [2.24, 2.45) is 5.92 Å². The molecule has 1 fully saturated rings. The van der Waals surface area contributed by atoms with Crippen molar-refractivity contribution in [3.05, 3.63) is 48.3 Å². The highest BCUT2D eigenvalue weighted by molar-refractivity contribution is 5.33. The van der Waals surface area contributed by atoms with Gasteiger partial charge in [0.1, 0.15) is 0 Å². The van der Waals surface area contributed by atoms with Gasteiger partial charge in [0.25, 0.3) is 0 Å². The maximum atomic E-state index is 4.26. The first-order valence-electron chi connectivity index (χ1n) is 8.37. The van der Waals surface area contributed by atoms with Crippen LogP contribution in [-0.4, -0.2) is 40.9 Å². The summed E-state index contributed by atoms with van der Waals surface area (Å²) in [6.07, 6.45) is 6.42. The summed E-state index contributed by atoms with van der Waals surface area (Å²) in [5, 5.41) is 7.74. The van der Waals surface area contributed by atoms with Crippen LogP contribution in [0.5, 0.6) is 0 Å². The highest BCUT2D eigenvalue weighted by Crippen LogP contribution is 2.19. The summed E-state index contributed by atoms with van der Waals surface area (Å²) >= 11 is 0. The molecular formula is C18H26N4. The maximum Gasteiger partial charge on any atom is 0.0645 e. The van der Waals surface area contributed by atoms with Crippen LogP contribution < -0.4 is 5.32 Å². The zero-order valence-corrected chi connectivity index (χ0v) is 13.4. The lowest BCUT2D eigenvalue weighted by atomic mass is 9.96. The number of nitrogens with zero attached hydrogens (tertiary/aromatic N) is 3. The first-order valence-corrected chi connectivity index (χ1v) is 8.37. The number of nitrogens with one attached hydrogen (secondary N) is 1. The summed E-state index contributed by atoms with van der Waals surface area (Å²) < 4.78 is 1.90. The molecule has 0 saturated carbocycles. The predicted octanol–water partition coefficient (Wildman–Crippen LogP) is 2.69. The summed E-state index contributed by atoms with van der Waals surface area (Å²) in [7, 11) is 0. The molecule has 2 heterocycles. The van der Waals surface area contributed by atoms with Gasteiger partial charge in [-0.25, -0.2) is 4.68 Å². The van der Waals surface area contributed by atoms with E-state index in [-0.39, 0.29) is 0 Å². The largest absolute Gasteiger partial charge is 0.317 e. The smallest absolute Gasteiger partial charge is 0.0645 e. The van der Waals surface area contributed by atoms with E-state index < -0.39 is 0 Å². The summed E-state index contributed by atoms with van der Waals surface area (Å²) in [4.78, 5) is 2.57. The van der Waals surface area contributed by atoms with Gasteiger partial charge >= 0.3 is 0 Å². The zero-order valence-electron chi connectivity index (χ0n) is 13.4. The van der Waals surface area contributed by atoms with Crippen molar-refractivity contribution in [1.29, 1.82) is 0 Å². The van der Waals surface area contributed by atoms with Crippen molar-refractivity contribution >= 4 is 0 Å². The van der Waals surface area contributed by atoms with Gasteiger partial charge in [-0.1, -0.05) is 19.1 Å². The van der Waals surface area contributed by atoms with E-state index in [9.17, 15) is 0 Å². The van der Waals surface area contributed by atoms with E-state index in [0.717, 1.165) is 24.7 Å². The molecule has 0 aliphatic carbocycles. The molecule has 0 spiro atoms. The van der Waals surface area contributed by atoms with Gasteiger partial charge in [0.2, 0.25) is 0 Å². The second kappa shape index (κ2) is 7.56. The van der Waals surface area contributed by atoms with E-state index in [0.29, 0.717) is 0 Å². The number of piperidine rings is 1. The van der Waals surface area contributed by atoms with Gasteiger partial charge in [-0.15, -0.1) is 0 Å². The Morgan fingerprint density at radius 1 is 1.18 bits per heavy atom. The molecule has 3 rings (SSSR count). The fourth-order valence-corrected chi connectivity index (χ4v) is 3.13. The van der Waals surface area contributed by atoms with Gasteiger partial charge in [-0.05, 0) is 68.7 Å². The first kappa shape index (κ1) is 15.3. The molecule has 2 aromatic rings. The fraction of sp³-hybridized carbons (Fsp3) is 0.500. The maximum absolute atomic E-state index is 4.26. The lowest BCUT2D eigenvalue weighted by Crippen LogP contribution is -2.36. The van der Waals surface area contributed by atoms with Crippen molar-refractivity contribution in [3.63, 3.8) is 0 Å². The van der Waals surface area contributed by atoms with E-state index in [1.807, 2.05) is 23.1 Å². The third-order valence-electron chi connectivity index (χ3n) is 4.50.